The molecule has 3 heteroatoms. The van der Waals surface area contributed by atoms with Gasteiger partial charge in [-0.1, -0.05) is 51.8 Å². The molecule has 2 rings (SSSR count). The minimum absolute atomic E-state index is 0.0690. The van der Waals surface area contributed by atoms with Gasteiger partial charge in [0.2, 0.25) is 0 Å². The van der Waals surface area contributed by atoms with Gasteiger partial charge in [0.15, 0.2) is 0 Å². The first-order chi connectivity index (χ1) is 7.69. The van der Waals surface area contributed by atoms with Crippen molar-refractivity contribution in [2.75, 3.05) is 0 Å². The van der Waals surface area contributed by atoms with Gasteiger partial charge in [0, 0.05) is 9.50 Å². The van der Waals surface area contributed by atoms with Gasteiger partial charge in [0.25, 0.3) is 0 Å². The first-order valence-corrected chi connectivity index (χ1v) is 6.02. The SMILES string of the molecule is OCc1ccc(-c2cc(Cl)cc(Br)c2)cc1. The Morgan fingerprint density at radius 2 is 1.69 bits per heavy atom. The number of hydrogen-bond acceptors (Lipinski definition) is 1. The Labute approximate surface area is 108 Å². The highest BCUT2D eigenvalue weighted by atomic mass is 79.9. The zero-order valence-electron chi connectivity index (χ0n) is 8.45. The number of benzene rings is 2. The normalized spacial score (nSPS) is 10.4. The van der Waals surface area contributed by atoms with Gasteiger partial charge in [0.1, 0.15) is 0 Å². The lowest BCUT2D eigenvalue weighted by molar-refractivity contribution is 0.282. The van der Waals surface area contributed by atoms with E-state index in [1.807, 2.05) is 42.5 Å². The molecule has 0 aromatic heterocycles. The average molecular weight is 298 g/mol. The molecular weight excluding hydrogens is 287 g/mol. The Kier molecular flexibility index (Phi) is 3.64. The third-order valence-corrected chi connectivity index (χ3v) is 3.01. The molecule has 0 saturated heterocycles. The van der Waals surface area contributed by atoms with Crippen molar-refractivity contribution in [1.82, 2.24) is 0 Å². The van der Waals surface area contributed by atoms with Crippen molar-refractivity contribution >= 4 is 27.5 Å². The second-order valence-corrected chi connectivity index (χ2v) is 4.87. The predicted octanol–water partition coefficient (Wildman–Crippen LogP) is 4.26. The van der Waals surface area contributed by atoms with Crippen molar-refractivity contribution in [2.24, 2.45) is 0 Å². The van der Waals surface area contributed by atoms with E-state index in [9.17, 15) is 0 Å². The number of halogens is 2. The maximum absolute atomic E-state index is 8.96. The second kappa shape index (κ2) is 5.00. The summed E-state index contributed by atoms with van der Waals surface area (Å²) in [4.78, 5) is 0. The lowest BCUT2D eigenvalue weighted by atomic mass is 10.0. The van der Waals surface area contributed by atoms with Crippen LogP contribution >= 0.6 is 27.5 Å². The van der Waals surface area contributed by atoms with Crippen LogP contribution in [0.25, 0.3) is 11.1 Å². The summed E-state index contributed by atoms with van der Waals surface area (Å²) in [5.41, 5.74) is 3.05. The first kappa shape index (κ1) is 11.6. The van der Waals surface area contributed by atoms with Crippen LogP contribution in [0.2, 0.25) is 5.02 Å². The van der Waals surface area contributed by atoms with Crippen molar-refractivity contribution < 1.29 is 5.11 Å². The van der Waals surface area contributed by atoms with E-state index in [2.05, 4.69) is 15.9 Å². The number of rotatable bonds is 2. The molecule has 2 aromatic rings. The fraction of sp³-hybridized carbons (Fsp3) is 0.0769. The highest BCUT2D eigenvalue weighted by Gasteiger charge is 2.01. The molecule has 0 fully saturated rings. The molecule has 0 radical (unpaired) electrons. The van der Waals surface area contributed by atoms with Crippen molar-refractivity contribution in [3.63, 3.8) is 0 Å². The Morgan fingerprint density at radius 3 is 2.25 bits per heavy atom. The standard InChI is InChI=1S/C13H10BrClO/c14-12-5-11(6-13(15)7-12)10-3-1-9(8-16)2-4-10/h1-7,16H,8H2. The molecule has 16 heavy (non-hydrogen) atoms. The van der Waals surface area contributed by atoms with Crippen LogP contribution in [-0.2, 0) is 6.61 Å². The highest BCUT2D eigenvalue weighted by molar-refractivity contribution is 9.10. The van der Waals surface area contributed by atoms with Gasteiger partial charge in [0.05, 0.1) is 6.61 Å². The molecule has 0 bridgehead atoms. The quantitative estimate of drug-likeness (QED) is 0.878. The maximum Gasteiger partial charge on any atom is 0.0681 e. The monoisotopic (exact) mass is 296 g/mol. The Bertz CT molecular complexity index is 474. The van der Waals surface area contributed by atoms with Gasteiger partial charge in [-0.2, -0.15) is 0 Å². The molecule has 82 valence electrons. The smallest absolute Gasteiger partial charge is 0.0681 e. The molecule has 0 amide bonds. The fourth-order valence-electron chi connectivity index (χ4n) is 1.52. The molecule has 0 aliphatic rings. The third kappa shape index (κ3) is 2.64. The molecule has 1 N–H and O–H groups in total. The zero-order chi connectivity index (χ0) is 11.5. The summed E-state index contributed by atoms with van der Waals surface area (Å²) in [6.45, 7) is 0.0690. The van der Waals surface area contributed by atoms with Crippen molar-refractivity contribution in [1.29, 1.82) is 0 Å². The molecule has 0 unspecified atom stereocenters. The topological polar surface area (TPSA) is 20.2 Å². The summed E-state index contributed by atoms with van der Waals surface area (Å²) >= 11 is 9.40. The van der Waals surface area contributed by atoms with Crippen molar-refractivity contribution in [2.45, 2.75) is 6.61 Å². The number of aliphatic hydroxyl groups is 1. The van der Waals surface area contributed by atoms with Crippen LogP contribution in [0.1, 0.15) is 5.56 Å². The van der Waals surface area contributed by atoms with Gasteiger partial charge >= 0.3 is 0 Å². The van der Waals surface area contributed by atoms with Gasteiger partial charge in [-0.25, -0.2) is 0 Å². The van der Waals surface area contributed by atoms with Gasteiger partial charge in [-0.15, -0.1) is 0 Å². The van der Waals surface area contributed by atoms with Crippen molar-refractivity contribution in [3.8, 4) is 11.1 Å². The van der Waals surface area contributed by atoms with E-state index in [1.54, 1.807) is 0 Å². The Morgan fingerprint density at radius 1 is 1.00 bits per heavy atom. The van der Waals surface area contributed by atoms with E-state index in [-0.39, 0.29) is 6.61 Å². The Hall–Kier alpha value is -0.830. The van der Waals surface area contributed by atoms with Gasteiger partial charge < -0.3 is 5.11 Å². The molecule has 0 atom stereocenters. The summed E-state index contributed by atoms with van der Waals surface area (Å²) in [6, 6.07) is 13.6. The van der Waals surface area contributed by atoms with E-state index < -0.39 is 0 Å². The zero-order valence-corrected chi connectivity index (χ0v) is 10.8. The van der Waals surface area contributed by atoms with Crippen LogP contribution in [0.3, 0.4) is 0 Å². The van der Waals surface area contributed by atoms with Crippen LogP contribution in [-0.4, -0.2) is 5.11 Å². The third-order valence-electron chi connectivity index (χ3n) is 2.33. The van der Waals surface area contributed by atoms with Gasteiger partial charge in [-0.05, 0) is 34.9 Å². The summed E-state index contributed by atoms with van der Waals surface area (Å²) in [5, 5.41) is 9.66. The second-order valence-electron chi connectivity index (χ2n) is 3.51. The minimum atomic E-state index is 0.0690. The van der Waals surface area contributed by atoms with Crippen LogP contribution in [0, 0.1) is 0 Å². The maximum atomic E-state index is 8.96. The minimum Gasteiger partial charge on any atom is -0.392 e. The van der Waals surface area contributed by atoms with Crippen LogP contribution < -0.4 is 0 Å². The summed E-state index contributed by atoms with van der Waals surface area (Å²) < 4.78 is 0.959. The fourth-order valence-corrected chi connectivity index (χ4v) is 2.38. The average Bonchev–Trinajstić information content (AvgIpc) is 2.28. The Balaban J connectivity index is 2.42. The molecule has 0 spiro atoms. The van der Waals surface area contributed by atoms with E-state index in [4.69, 9.17) is 16.7 Å². The molecule has 0 aliphatic carbocycles. The van der Waals surface area contributed by atoms with Crippen LogP contribution in [0.4, 0.5) is 0 Å². The molecule has 1 nitrogen and oxygen atoms in total. The highest BCUT2D eigenvalue weighted by Crippen LogP contribution is 2.27. The van der Waals surface area contributed by atoms with E-state index in [1.165, 1.54) is 0 Å². The largest absolute Gasteiger partial charge is 0.392 e. The predicted molar refractivity (Wildman–Crippen MR) is 70.5 cm³/mol. The molecule has 0 aliphatic heterocycles. The summed E-state index contributed by atoms with van der Waals surface area (Å²) in [7, 11) is 0. The van der Waals surface area contributed by atoms with E-state index >= 15 is 0 Å². The first-order valence-electron chi connectivity index (χ1n) is 4.85. The van der Waals surface area contributed by atoms with E-state index in [0.717, 1.165) is 21.2 Å². The lowest BCUT2D eigenvalue weighted by Gasteiger charge is -2.04. The molecule has 0 heterocycles. The van der Waals surface area contributed by atoms with Crippen LogP contribution in [0.5, 0.6) is 0 Å². The van der Waals surface area contributed by atoms with Crippen LogP contribution in [0.15, 0.2) is 46.9 Å². The van der Waals surface area contributed by atoms with Gasteiger partial charge in [-0.3, -0.25) is 0 Å². The van der Waals surface area contributed by atoms with Crippen molar-refractivity contribution in [3.05, 3.63) is 57.5 Å². The molecular formula is C13H10BrClO. The summed E-state index contributed by atoms with van der Waals surface area (Å²) in [6.07, 6.45) is 0. The lowest BCUT2D eigenvalue weighted by Crippen LogP contribution is -1.83. The molecule has 2 aromatic carbocycles. The molecule has 0 saturated carbocycles. The number of aliphatic hydroxyl groups excluding tert-OH is 1. The summed E-state index contributed by atoms with van der Waals surface area (Å²) in [5.74, 6) is 0. The van der Waals surface area contributed by atoms with E-state index in [0.29, 0.717) is 5.02 Å². The number of hydrogen-bond donors (Lipinski definition) is 1.